The zero-order chi connectivity index (χ0) is 20.8. The van der Waals surface area contributed by atoms with E-state index in [1.54, 1.807) is 16.9 Å². The Bertz CT molecular complexity index is 849. The predicted molar refractivity (Wildman–Crippen MR) is 115 cm³/mol. The van der Waals surface area contributed by atoms with E-state index in [1.165, 1.54) is 5.56 Å². The van der Waals surface area contributed by atoms with Crippen molar-refractivity contribution in [2.45, 2.75) is 26.2 Å². The molecule has 6 nitrogen and oxygen atoms in total. The molecule has 0 bridgehead atoms. The van der Waals surface area contributed by atoms with Gasteiger partial charge in [0, 0.05) is 25.3 Å². The Hall–Kier alpha value is -3.02. The normalized spacial score (nSPS) is 13.9. The maximum Gasteiger partial charge on any atom is 0.325 e. The van der Waals surface area contributed by atoms with Crippen molar-refractivity contribution in [1.82, 2.24) is 10.2 Å². The summed E-state index contributed by atoms with van der Waals surface area (Å²) < 4.78 is 5.33. The Kier molecular flexibility index (Phi) is 6.75. The van der Waals surface area contributed by atoms with Gasteiger partial charge in [0.25, 0.3) is 0 Å². The molecule has 154 valence electrons. The standard InChI is InChI=1S/C23H29N3O3/c1-17(2)18-8-10-20(11-9-18)26-15-14-25(23(26)28)16-22(27)24-13-12-19-6-4-5-7-21(19)29-3/h4-11,17H,12-16H2,1-3H3,(H,24,27). The fourth-order valence-electron chi connectivity index (χ4n) is 3.48. The summed E-state index contributed by atoms with van der Waals surface area (Å²) in [5.41, 5.74) is 3.16. The van der Waals surface area contributed by atoms with Gasteiger partial charge in [-0.1, -0.05) is 44.2 Å². The van der Waals surface area contributed by atoms with Crippen LogP contribution >= 0.6 is 0 Å². The van der Waals surface area contributed by atoms with Crippen LogP contribution in [0.1, 0.15) is 30.9 Å². The average molecular weight is 396 g/mol. The van der Waals surface area contributed by atoms with E-state index in [4.69, 9.17) is 4.74 Å². The highest BCUT2D eigenvalue weighted by molar-refractivity contribution is 5.96. The lowest BCUT2D eigenvalue weighted by atomic mass is 10.0. The number of nitrogens with zero attached hydrogens (tertiary/aromatic N) is 2. The molecule has 0 unspecified atom stereocenters. The molecular weight excluding hydrogens is 366 g/mol. The van der Waals surface area contributed by atoms with Crippen LogP contribution in [0.5, 0.6) is 5.75 Å². The smallest absolute Gasteiger partial charge is 0.325 e. The van der Waals surface area contributed by atoms with Crippen LogP contribution in [0.3, 0.4) is 0 Å². The van der Waals surface area contributed by atoms with Crippen LogP contribution in [0, 0.1) is 0 Å². The number of anilines is 1. The number of nitrogens with one attached hydrogen (secondary N) is 1. The molecule has 3 rings (SSSR count). The van der Waals surface area contributed by atoms with Crippen LogP contribution in [-0.2, 0) is 11.2 Å². The molecule has 0 radical (unpaired) electrons. The number of benzene rings is 2. The molecule has 29 heavy (non-hydrogen) atoms. The van der Waals surface area contributed by atoms with Gasteiger partial charge in [-0.05, 0) is 41.7 Å². The largest absolute Gasteiger partial charge is 0.496 e. The number of hydrogen-bond acceptors (Lipinski definition) is 3. The highest BCUT2D eigenvalue weighted by Crippen LogP contribution is 2.23. The molecule has 0 atom stereocenters. The van der Waals surface area contributed by atoms with E-state index < -0.39 is 0 Å². The first-order valence-corrected chi connectivity index (χ1v) is 10.0. The molecule has 2 aromatic carbocycles. The molecule has 1 N–H and O–H groups in total. The first kappa shape index (κ1) is 20.7. The van der Waals surface area contributed by atoms with Crippen molar-refractivity contribution in [3.05, 3.63) is 59.7 Å². The first-order valence-electron chi connectivity index (χ1n) is 10.0. The van der Waals surface area contributed by atoms with E-state index in [0.29, 0.717) is 32.0 Å². The maximum absolute atomic E-state index is 12.7. The van der Waals surface area contributed by atoms with Crippen molar-refractivity contribution in [3.8, 4) is 5.75 Å². The number of urea groups is 1. The minimum Gasteiger partial charge on any atom is -0.496 e. The zero-order valence-corrected chi connectivity index (χ0v) is 17.4. The highest BCUT2D eigenvalue weighted by Gasteiger charge is 2.30. The summed E-state index contributed by atoms with van der Waals surface area (Å²) in [7, 11) is 1.64. The van der Waals surface area contributed by atoms with Gasteiger partial charge in [-0.25, -0.2) is 4.79 Å². The fraction of sp³-hybridized carbons (Fsp3) is 0.391. The third-order valence-corrected chi connectivity index (χ3v) is 5.21. The minimum atomic E-state index is -0.148. The van der Waals surface area contributed by atoms with Crippen LogP contribution in [-0.4, -0.2) is 50.1 Å². The third-order valence-electron chi connectivity index (χ3n) is 5.21. The van der Waals surface area contributed by atoms with E-state index in [0.717, 1.165) is 17.0 Å². The van der Waals surface area contributed by atoms with Crippen molar-refractivity contribution in [2.24, 2.45) is 0 Å². The van der Waals surface area contributed by atoms with Gasteiger partial charge in [0.1, 0.15) is 12.3 Å². The maximum atomic E-state index is 12.7. The second-order valence-corrected chi connectivity index (χ2v) is 7.51. The number of carbonyl (C=O) groups excluding carboxylic acids is 2. The van der Waals surface area contributed by atoms with Crippen molar-refractivity contribution >= 4 is 17.6 Å². The van der Waals surface area contributed by atoms with Gasteiger partial charge >= 0.3 is 6.03 Å². The summed E-state index contributed by atoms with van der Waals surface area (Å²) in [4.78, 5) is 28.3. The SMILES string of the molecule is COc1ccccc1CCNC(=O)CN1CCN(c2ccc(C(C)C)cc2)C1=O. The summed E-state index contributed by atoms with van der Waals surface area (Å²) >= 11 is 0. The van der Waals surface area contributed by atoms with Gasteiger partial charge in [0.15, 0.2) is 0 Å². The number of rotatable bonds is 8. The topological polar surface area (TPSA) is 61.9 Å². The van der Waals surface area contributed by atoms with Crippen molar-refractivity contribution < 1.29 is 14.3 Å². The number of carbonyl (C=O) groups is 2. The Balaban J connectivity index is 1.49. The van der Waals surface area contributed by atoms with Gasteiger partial charge in [-0.3, -0.25) is 9.69 Å². The number of para-hydroxylation sites is 1. The molecule has 3 amide bonds. The lowest BCUT2D eigenvalue weighted by molar-refractivity contribution is -0.121. The zero-order valence-electron chi connectivity index (χ0n) is 17.4. The Labute approximate surface area is 172 Å². The van der Waals surface area contributed by atoms with E-state index in [1.807, 2.05) is 36.4 Å². The molecule has 1 aliphatic heterocycles. The van der Waals surface area contributed by atoms with Crippen LogP contribution in [0.15, 0.2) is 48.5 Å². The Morgan fingerprint density at radius 3 is 2.52 bits per heavy atom. The Morgan fingerprint density at radius 1 is 1.10 bits per heavy atom. The van der Waals surface area contributed by atoms with Crippen molar-refractivity contribution in [3.63, 3.8) is 0 Å². The summed E-state index contributed by atoms with van der Waals surface area (Å²) in [5.74, 6) is 1.12. The van der Waals surface area contributed by atoms with Crippen molar-refractivity contribution in [2.75, 3.05) is 38.2 Å². The van der Waals surface area contributed by atoms with E-state index >= 15 is 0 Å². The van der Waals surface area contributed by atoms with Crippen LogP contribution in [0.4, 0.5) is 10.5 Å². The van der Waals surface area contributed by atoms with Crippen LogP contribution < -0.4 is 15.0 Å². The summed E-state index contributed by atoms with van der Waals surface area (Å²) in [6.45, 7) is 6.00. The molecule has 1 fully saturated rings. The summed E-state index contributed by atoms with van der Waals surface area (Å²) in [6.07, 6.45) is 0.679. The molecular formula is C23H29N3O3. The Morgan fingerprint density at radius 2 is 1.83 bits per heavy atom. The van der Waals surface area contributed by atoms with Gasteiger partial charge in [0.2, 0.25) is 5.91 Å². The van der Waals surface area contributed by atoms with Gasteiger partial charge in [0.05, 0.1) is 7.11 Å². The van der Waals surface area contributed by atoms with Gasteiger partial charge in [-0.15, -0.1) is 0 Å². The number of ether oxygens (including phenoxy) is 1. The van der Waals surface area contributed by atoms with E-state index in [2.05, 4.69) is 31.3 Å². The number of hydrogen-bond donors (Lipinski definition) is 1. The summed E-state index contributed by atoms with van der Waals surface area (Å²) in [6, 6.07) is 15.7. The van der Waals surface area contributed by atoms with Crippen molar-refractivity contribution in [1.29, 1.82) is 0 Å². The third kappa shape index (κ3) is 5.08. The molecule has 6 heteroatoms. The first-order chi connectivity index (χ1) is 14.0. The molecule has 0 saturated carbocycles. The molecule has 1 aliphatic rings. The lowest BCUT2D eigenvalue weighted by Gasteiger charge is -2.19. The van der Waals surface area contributed by atoms with Gasteiger partial charge in [-0.2, -0.15) is 0 Å². The monoisotopic (exact) mass is 395 g/mol. The van der Waals surface area contributed by atoms with Crippen LogP contribution in [0.2, 0.25) is 0 Å². The second kappa shape index (κ2) is 9.45. The fourth-order valence-corrected chi connectivity index (χ4v) is 3.48. The molecule has 0 spiro atoms. The number of amides is 3. The summed E-state index contributed by atoms with van der Waals surface area (Å²) in [5, 5.41) is 2.90. The highest BCUT2D eigenvalue weighted by atomic mass is 16.5. The quantitative estimate of drug-likeness (QED) is 0.745. The lowest BCUT2D eigenvalue weighted by Crippen LogP contribution is -2.40. The second-order valence-electron chi connectivity index (χ2n) is 7.51. The predicted octanol–water partition coefficient (Wildman–Crippen LogP) is 3.42. The average Bonchev–Trinajstić information content (AvgIpc) is 3.08. The van der Waals surface area contributed by atoms with Crippen LogP contribution in [0.25, 0.3) is 0 Å². The minimum absolute atomic E-state index is 0.0747. The van der Waals surface area contributed by atoms with Gasteiger partial charge < -0.3 is 15.0 Å². The molecule has 0 aliphatic carbocycles. The molecule has 2 aromatic rings. The molecule has 1 heterocycles. The number of methoxy groups -OCH3 is 1. The molecule has 0 aromatic heterocycles. The molecule has 1 saturated heterocycles. The van der Waals surface area contributed by atoms with E-state index in [9.17, 15) is 9.59 Å². The van der Waals surface area contributed by atoms with E-state index in [-0.39, 0.29) is 18.5 Å².